The minimum absolute atomic E-state index is 0.0331. The van der Waals surface area contributed by atoms with E-state index in [-0.39, 0.29) is 18.0 Å². The van der Waals surface area contributed by atoms with Crippen LogP contribution in [-0.2, 0) is 17.8 Å². The Morgan fingerprint density at radius 3 is 2.78 bits per heavy atom. The predicted octanol–water partition coefficient (Wildman–Crippen LogP) is 4.50. The van der Waals surface area contributed by atoms with Crippen LogP contribution in [0, 0.1) is 0 Å². The normalized spacial score (nSPS) is 13.2. The highest BCUT2D eigenvalue weighted by Gasteiger charge is 2.23. The largest absolute Gasteiger partial charge is 0.494 e. The van der Waals surface area contributed by atoms with Gasteiger partial charge in [-0.1, -0.05) is 30.3 Å². The van der Waals surface area contributed by atoms with Crippen molar-refractivity contribution in [3.63, 3.8) is 0 Å². The highest BCUT2D eigenvalue weighted by molar-refractivity contribution is 7.17. The van der Waals surface area contributed by atoms with Gasteiger partial charge in [-0.2, -0.15) is 0 Å². The van der Waals surface area contributed by atoms with E-state index in [0.29, 0.717) is 23.4 Å². The molecule has 0 saturated heterocycles. The zero-order valence-corrected chi connectivity index (χ0v) is 18.6. The fourth-order valence-electron chi connectivity index (χ4n) is 4.21. The van der Waals surface area contributed by atoms with Crippen LogP contribution in [-0.4, -0.2) is 28.6 Å². The van der Waals surface area contributed by atoms with E-state index in [1.807, 2.05) is 54.8 Å². The smallest absolute Gasteiger partial charge is 0.263 e. The van der Waals surface area contributed by atoms with Gasteiger partial charge in [0.05, 0.1) is 18.3 Å². The number of anilines is 1. The Bertz CT molecular complexity index is 1340. The highest BCUT2D eigenvalue weighted by atomic mass is 32.1. The predicted molar refractivity (Wildman–Crippen MR) is 128 cm³/mol. The van der Waals surface area contributed by atoms with Crippen molar-refractivity contribution in [3.05, 3.63) is 76.2 Å². The molecule has 0 saturated carbocycles. The van der Waals surface area contributed by atoms with E-state index in [0.717, 1.165) is 35.4 Å². The molecule has 5 rings (SSSR count). The molecule has 6 nitrogen and oxygen atoms in total. The van der Waals surface area contributed by atoms with Crippen molar-refractivity contribution in [3.8, 4) is 16.9 Å². The molecule has 2 aromatic heterocycles. The van der Waals surface area contributed by atoms with Crippen LogP contribution in [0.3, 0.4) is 0 Å². The molecule has 32 heavy (non-hydrogen) atoms. The molecule has 0 unspecified atom stereocenters. The van der Waals surface area contributed by atoms with E-state index < -0.39 is 0 Å². The van der Waals surface area contributed by atoms with Gasteiger partial charge in [0.25, 0.3) is 5.56 Å². The Balaban J connectivity index is 1.47. The molecule has 3 heterocycles. The summed E-state index contributed by atoms with van der Waals surface area (Å²) < 4.78 is 6.94. The van der Waals surface area contributed by atoms with Gasteiger partial charge in [0.15, 0.2) is 0 Å². The van der Waals surface area contributed by atoms with Crippen LogP contribution in [0.2, 0.25) is 0 Å². The summed E-state index contributed by atoms with van der Waals surface area (Å²) in [7, 11) is 0. The molecule has 2 aromatic carbocycles. The van der Waals surface area contributed by atoms with E-state index in [4.69, 9.17) is 4.74 Å². The third kappa shape index (κ3) is 3.69. The maximum absolute atomic E-state index is 13.4. The SMILES string of the molecule is CCOc1ccc(-c2csc3ncn(CC(=O)N4CCCc5ccccc54)c(=O)c23)cc1. The van der Waals surface area contributed by atoms with Crippen LogP contribution in [0.1, 0.15) is 18.9 Å². The number of hydrogen-bond acceptors (Lipinski definition) is 5. The summed E-state index contributed by atoms with van der Waals surface area (Å²) in [5, 5.41) is 2.50. The fraction of sp³-hybridized carbons (Fsp3) is 0.240. The molecule has 0 bridgehead atoms. The van der Waals surface area contributed by atoms with Crippen LogP contribution in [0.4, 0.5) is 5.69 Å². The molecule has 1 aliphatic rings. The molecule has 0 radical (unpaired) electrons. The first-order valence-electron chi connectivity index (χ1n) is 10.7. The van der Waals surface area contributed by atoms with Gasteiger partial charge in [0, 0.05) is 23.2 Å². The van der Waals surface area contributed by atoms with Crippen molar-refractivity contribution in [2.24, 2.45) is 0 Å². The van der Waals surface area contributed by atoms with Gasteiger partial charge in [-0.25, -0.2) is 4.98 Å². The number of fused-ring (bicyclic) bond motifs is 2. The molecule has 162 valence electrons. The number of carbonyl (C=O) groups is 1. The van der Waals surface area contributed by atoms with Gasteiger partial charge in [0.2, 0.25) is 5.91 Å². The maximum Gasteiger partial charge on any atom is 0.263 e. The molecule has 0 fully saturated rings. The summed E-state index contributed by atoms with van der Waals surface area (Å²) in [5.74, 6) is 0.692. The van der Waals surface area contributed by atoms with Crippen molar-refractivity contribution in [2.45, 2.75) is 26.3 Å². The monoisotopic (exact) mass is 445 g/mol. The van der Waals surface area contributed by atoms with Gasteiger partial charge in [-0.3, -0.25) is 14.2 Å². The minimum atomic E-state index is -0.196. The molecule has 0 spiro atoms. The summed E-state index contributed by atoms with van der Waals surface area (Å²) in [6.45, 7) is 3.17. The second kappa shape index (κ2) is 8.59. The first-order chi connectivity index (χ1) is 15.7. The Morgan fingerprint density at radius 1 is 1.16 bits per heavy atom. The molecule has 7 heteroatoms. The number of amides is 1. The number of para-hydroxylation sites is 1. The number of rotatable bonds is 5. The van der Waals surface area contributed by atoms with Crippen molar-refractivity contribution >= 4 is 33.1 Å². The van der Waals surface area contributed by atoms with Crippen molar-refractivity contribution in [2.75, 3.05) is 18.1 Å². The molecule has 4 aromatic rings. The Labute approximate surface area is 189 Å². The first kappa shape index (κ1) is 20.5. The summed E-state index contributed by atoms with van der Waals surface area (Å²) >= 11 is 1.43. The van der Waals surface area contributed by atoms with Gasteiger partial charge in [-0.05, 0) is 49.1 Å². The van der Waals surface area contributed by atoms with Gasteiger partial charge >= 0.3 is 0 Å². The number of aromatic nitrogens is 2. The number of ether oxygens (including phenoxy) is 1. The lowest BCUT2D eigenvalue weighted by Gasteiger charge is -2.29. The van der Waals surface area contributed by atoms with Crippen molar-refractivity contribution in [1.82, 2.24) is 9.55 Å². The van der Waals surface area contributed by atoms with Crippen molar-refractivity contribution < 1.29 is 9.53 Å². The lowest BCUT2D eigenvalue weighted by molar-refractivity contribution is -0.119. The summed E-state index contributed by atoms with van der Waals surface area (Å²) in [5.41, 5.74) is 3.67. The average Bonchev–Trinajstić information content (AvgIpc) is 3.26. The molecule has 1 amide bonds. The maximum atomic E-state index is 13.4. The molecule has 0 atom stereocenters. The number of thiophene rings is 1. The van der Waals surface area contributed by atoms with E-state index >= 15 is 0 Å². The lowest BCUT2D eigenvalue weighted by Crippen LogP contribution is -2.39. The van der Waals surface area contributed by atoms with Crippen LogP contribution in [0.5, 0.6) is 5.75 Å². The zero-order chi connectivity index (χ0) is 22.1. The lowest BCUT2D eigenvalue weighted by atomic mass is 10.0. The zero-order valence-electron chi connectivity index (χ0n) is 17.8. The van der Waals surface area contributed by atoms with Crippen LogP contribution < -0.4 is 15.2 Å². The topological polar surface area (TPSA) is 64.4 Å². The van der Waals surface area contributed by atoms with Crippen LogP contribution >= 0.6 is 11.3 Å². The summed E-state index contributed by atoms with van der Waals surface area (Å²) in [6.07, 6.45) is 3.37. The number of carbonyl (C=O) groups excluding carboxylic acids is 1. The van der Waals surface area contributed by atoms with Crippen molar-refractivity contribution in [1.29, 1.82) is 0 Å². The number of benzene rings is 2. The number of aryl methyl sites for hydroxylation is 1. The second-order valence-corrected chi connectivity index (χ2v) is 8.60. The number of hydrogen-bond donors (Lipinski definition) is 0. The van der Waals surface area contributed by atoms with E-state index in [1.54, 1.807) is 4.90 Å². The fourth-order valence-corrected chi connectivity index (χ4v) is 5.12. The molecular formula is C25H23N3O3S. The third-order valence-electron chi connectivity index (χ3n) is 5.75. The summed E-state index contributed by atoms with van der Waals surface area (Å²) in [6, 6.07) is 15.6. The minimum Gasteiger partial charge on any atom is -0.494 e. The second-order valence-electron chi connectivity index (χ2n) is 7.74. The standard InChI is InChI=1S/C25H23N3O3S/c1-2-31-19-11-9-17(10-12-19)20-15-32-24-23(20)25(30)27(16-26-24)14-22(29)28-13-5-7-18-6-3-4-8-21(18)28/h3-4,6,8-12,15-16H,2,5,7,13-14H2,1H3. The molecule has 0 aliphatic carbocycles. The average molecular weight is 446 g/mol. The van der Waals surface area contributed by atoms with Gasteiger partial charge in [-0.15, -0.1) is 11.3 Å². The van der Waals surface area contributed by atoms with Crippen LogP contribution in [0.25, 0.3) is 21.3 Å². The Kier molecular flexibility index (Phi) is 5.49. The quantitative estimate of drug-likeness (QED) is 0.454. The Morgan fingerprint density at radius 2 is 1.97 bits per heavy atom. The summed E-state index contributed by atoms with van der Waals surface area (Å²) in [4.78, 5) is 33.4. The van der Waals surface area contributed by atoms with Crippen LogP contribution in [0.15, 0.2) is 65.0 Å². The first-order valence-corrected chi connectivity index (χ1v) is 11.6. The molecule has 1 aliphatic heterocycles. The van der Waals surface area contributed by atoms with E-state index in [9.17, 15) is 9.59 Å². The van der Waals surface area contributed by atoms with E-state index in [2.05, 4.69) is 11.1 Å². The molecular weight excluding hydrogens is 422 g/mol. The highest BCUT2D eigenvalue weighted by Crippen LogP contribution is 2.32. The Hall–Kier alpha value is -3.45. The number of nitrogens with zero attached hydrogens (tertiary/aromatic N) is 3. The molecule has 0 N–H and O–H groups in total. The third-order valence-corrected chi connectivity index (χ3v) is 6.64. The van der Waals surface area contributed by atoms with Gasteiger partial charge < -0.3 is 9.64 Å². The van der Waals surface area contributed by atoms with Gasteiger partial charge in [0.1, 0.15) is 17.1 Å². The van der Waals surface area contributed by atoms with E-state index in [1.165, 1.54) is 27.8 Å².